The molecule has 2 aromatic heterocycles. The molecule has 5 nitrogen and oxygen atoms in total. The van der Waals surface area contributed by atoms with E-state index in [4.69, 9.17) is 0 Å². The van der Waals surface area contributed by atoms with Crippen molar-refractivity contribution in [3.63, 3.8) is 0 Å². The van der Waals surface area contributed by atoms with E-state index in [9.17, 15) is 4.79 Å². The molecule has 0 unspecified atom stereocenters. The molecule has 1 aliphatic rings. The van der Waals surface area contributed by atoms with Gasteiger partial charge >= 0.3 is 0 Å². The molecule has 140 valence electrons. The van der Waals surface area contributed by atoms with E-state index in [-0.39, 0.29) is 11.8 Å². The highest BCUT2D eigenvalue weighted by Gasteiger charge is 2.22. The van der Waals surface area contributed by atoms with Crippen molar-refractivity contribution < 1.29 is 4.79 Å². The van der Waals surface area contributed by atoms with E-state index < -0.39 is 0 Å². The molecular weight excluding hydrogens is 324 g/mol. The molecule has 0 saturated heterocycles. The Bertz CT molecular complexity index is 700. The van der Waals surface area contributed by atoms with Crippen LogP contribution in [-0.2, 0) is 0 Å². The predicted molar refractivity (Wildman–Crippen MR) is 104 cm³/mol. The summed E-state index contributed by atoms with van der Waals surface area (Å²) in [4.78, 5) is 17.2. The third-order valence-electron chi connectivity index (χ3n) is 5.24. The van der Waals surface area contributed by atoms with E-state index in [0.29, 0.717) is 11.5 Å². The van der Waals surface area contributed by atoms with E-state index >= 15 is 0 Å². The second-order valence-electron chi connectivity index (χ2n) is 7.62. The highest BCUT2D eigenvalue weighted by atomic mass is 16.1. The van der Waals surface area contributed by atoms with Crippen LogP contribution in [0, 0.1) is 5.92 Å². The van der Waals surface area contributed by atoms with Crippen LogP contribution in [0.5, 0.6) is 0 Å². The quantitative estimate of drug-likeness (QED) is 0.861. The van der Waals surface area contributed by atoms with Gasteiger partial charge in [-0.15, -0.1) is 0 Å². The van der Waals surface area contributed by atoms with Gasteiger partial charge in [-0.3, -0.25) is 4.79 Å². The van der Waals surface area contributed by atoms with Crippen molar-refractivity contribution in [2.24, 2.45) is 5.92 Å². The molecule has 0 radical (unpaired) electrons. The molecule has 3 rings (SSSR count). The molecular formula is C21H30N4O. The number of pyridine rings is 1. The number of hydrogen-bond acceptors (Lipinski definition) is 3. The first-order chi connectivity index (χ1) is 12.7. The van der Waals surface area contributed by atoms with E-state index in [1.807, 2.05) is 18.2 Å². The Morgan fingerprint density at radius 1 is 1.19 bits per heavy atom. The minimum absolute atomic E-state index is 0.0158. The zero-order chi connectivity index (χ0) is 18.4. The van der Waals surface area contributed by atoms with Crippen molar-refractivity contribution in [2.75, 3.05) is 6.54 Å². The lowest BCUT2D eigenvalue weighted by Gasteiger charge is -2.20. The van der Waals surface area contributed by atoms with Crippen LogP contribution in [0.2, 0.25) is 0 Å². The summed E-state index contributed by atoms with van der Waals surface area (Å²) in [6, 6.07) is 5.72. The Labute approximate surface area is 156 Å². The van der Waals surface area contributed by atoms with Gasteiger partial charge in [0, 0.05) is 12.7 Å². The van der Waals surface area contributed by atoms with Gasteiger partial charge in [0.15, 0.2) is 5.82 Å². The van der Waals surface area contributed by atoms with Gasteiger partial charge < -0.3 is 5.32 Å². The van der Waals surface area contributed by atoms with Crippen molar-refractivity contribution >= 4 is 5.91 Å². The van der Waals surface area contributed by atoms with Crippen molar-refractivity contribution in [1.82, 2.24) is 20.1 Å². The van der Waals surface area contributed by atoms with Gasteiger partial charge in [-0.1, -0.05) is 52.0 Å². The Kier molecular flexibility index (Phi) is 6.42. The standard InChI is InChI=1S/C21H30N4O/c1-16(2)20-18(15-24-25(20)19-12-8-9-13-22-19)21(26)23-14-17-10-6-4-3-5-7-11-17/h8-9,12-13,15-17H,3-7,10-11,14H2,1-2H3,(H,23,26). The van der Waals surface area contributed by atoms with Crippen molar-refractivity contribution in [3.05, 3.63) is 41.9 Å². The summed E-state index contributed by atoms with van der Waals surface area (Å²) in [5, 5.41) is 7.61. The average molecular weight is 354 g/mol. The van der Waals surface area contributed by atoms with E-state index in [1.54, 1.807) is 17.1 Å². The van der Waals surface area contributed by atoms with Crippen LogP contribution in [-0.4, -0.2) is 27.2 Å². The van der Waals surface area contributed by atoms with Gasteiger partial charge in [0.1, 0.15) is 0 Å². The number of aromatic nitrogens is 3. The molecule has 2 aromatic rings. The molecule has 26 heavy (non-hydrogen) atoms. The smallest absolute Gasteiger partial charge is 0.254 e. The molecule has 1 N–H and O–H groups in total. The second kappa shape index (κ2) is 8.97. The molecule has 0 spiro atoms. The number of amides is 1. The van der Waals surface area contributed by atoms with Crippen LogP contribution in [0.15, 0.2) is 30.6 Å². The zero-order valence-corrected chi connectivity index (χ0v) is 15.9. The first-order valence-corrected chi connectivity index (χ1v) is 9.94. The lowest BCUT2D eigenvalue weighted by molar-refractivity contribution is 0.0943. The molecule has 1 amide bonds. The molecule has 0 bridgehead atoms. The number of nitrogens with one attached hydrogen (secondary N) is 1. The summed E-state index contributed by atoms with van der Waals surface area (Å²) < 4.78 is 1.79. The van der Waals surface area contributed by atoms with Crippen LogP contribution in [0.3, 0.4) is 0 Å². The Balaban J connectivity index is 1.72. The third kappa shape index (κ3) is 4.51. The van der Waals surface area contributed by atoms with Crippen molar-refractivity contribution in [3.8, 4) is 5.82 Å². The average Bonchev–Trinajstić information content (AvgIpc) is 3.07. The lowest BCUT2D eigenvalue weighted by Crippen LogP contribution is -2.30. The number of carbonyl (C=O) groups excluding carboxylic acids is 1. The van der Waals surface area contributed by atoms with Gasteiger partial charge in [0.2, 0.25) is 0 Å². The van der Waals surface area contributed by atoms with E-state index in [1.165, 1.54) is 44.9 Å². The Morgan fingerprint density at radius 2 is 1.92 bits per heavy atom. The van der Waals surface area contributed by atoms with Gasteiger partial charge in [0.25, 0.3) is 5.91 Å². The molecule has 1 aliphatic carbocycles. The monoisotopic (exact) mass is 354 g/mol. The molecule has 2 heterocycles. The SMILES string of the molecule is CC(C)c1c(C(=O)NCC2CCCCCCC2)cnn1-c1ccccn1. The van der Waals surface area contributed by atoms with Gasteiger partial charge in [-0.05, 0) is 36.8 Å². The van der Waals surface area contributed by atoms with E-state index in [2.05, 4.69) is 29.2 Å². The maximum Gasteiger partial charge on any atom is 0.254 e. The highest BCUT2D eigenvalue weighted by molar-refractivity contribution is 5.95. The van der Waals surface area contributed by atoms with Crippen LogP contribution >= 0.6 is 0 Å². The third-order valence-corrected chi connectivity index (χ3v) is 5.24. The lowest BCUT2D eigenvalue weighted by atomic mass is 9.91. The first-order valence-electron chi connectivity index (χ1n) is 9.94. The summed E-state index contributed by atoms with van der Waals surface area (Å²) in [6.07, 6.45) is 12.5. The zero-order valence-electron chi connectivity index (χ0n) is 15.9. The number of hydrogen-bond donors (Lipinski definition) is 1. The van der Waals surface area contributed by atoms with Crippen molar-refractivity contribution in [1.29, 1.82) is 0 Å². The molecule has 1 saturated carbocycles. The summed E-state index contributed by atoms with van der Waals surface area (Å²) >= 11 is 0. The molecule has 0 aliphatic heterocycles. The van der Waals surface area contributed by atoms with E-state index in [0.717, 1.165) is 18.1 Å². The number of nitrogens with zero attached hydrogens (tertiary/aromatic N) is 3. The summed E-state index contributed by atoms with van der Waals surface area (Å²) in [5.41, 5.74) is 1.58. The maximum absolute atomic E-state index is 12.8. The fourth-order valence-corrected chi connectivity index (χ4v) is 3.83. The van der Waals surface area contributed by atoms with Gasteiger partial charge in [0.05, 0.1) is 17.5 Å². The van der Waals surface area contributed by atoms with Crippen LogP contribution in [0.25, 0.3) is 5.82 Å². The van der Waals surface area contributed by atoms with Crippen molar-refractivity contribution in [2.45, 2.75) is 64.7 Å². The fourth-order valence-electron chi connectivity index (χ4n) is 3.83. The first kappa shape index (κ1) is 18.6. The normalized spacial score (nSPS) is 16.3. The van der Waals surface area contributed by atoms with Gasteiger partial charge in [-0.2, -0.15) is 5.10 Å². The largest absolute Gasteiger partial charge is 0.352 e. The maximum atomic E-state index is 12.8. The molecule has 0 aromatic carbocycles. The number of carbonyl (C=O) groups is 1. The second-order valence-corrected chi connectivity index (χ2v) is 7.62. The summed E-state index contributed by atoms with van der Waals surface area (Å²) in [6.45, 7) is 4.94. The minimum Gasteiger partial charge on any atom is -0.352 e. The minimum atomic E-state index is -0.0158. The topological polar surface area (TPSA) is 59.8 Å². The summed E-state index contributed by atoms with van der Waals surface area (Å²) in [7, 11) is 0. The van der Waals surface area contributed by atoms with Crippen LogP contribution < -0.4 is 5.32 Å². The predicted octanol–water partition coefficient (Wildman–Crippen LogP) is 4.48. The molecule has 5 heteroatoms. The van der Waals surface area contributed by atoms with Gasteiger partial charge in [-0.25, -0.2) is 9.67 Å². The number of rotatable bonds is 5. The fraction of sp³-hybridized carbons (Fsp3) is 0.571. The van der Waals surface area contributed by atoms with Crippen LogP contribution in [0.1, 0.15) is 80.8 Å². The Hall–Kier alpha value is -2.17. The summed E-state index contributed by atoms with van der Waals surface area (Å²) in [5.74, 6) is 1.52. The highest BCUT2D eigenvalue weighted by Crippen LogP contribution is 2.24. The molecule has 0 atom stereocenters. The molecule has 1 fully saturated rings. The Morgan fingerprint density at radius 3 is 2.58 bits per heavy atom. The van der Waals surface area contributed by atoms with Crippen LogP contribution in [0.4, 0.5) is 0 Å².